The molecule has 5 nitrogen and oxygen atoms in total. The molecule has 188 valence electrons. The molecule has 0 saturated carbocycles. The van der Waals surface area contributed by atoms with Crippen LogP contribution in [0, 0.1) is 0 Å². The fourth-order valence-electron chi connectivity index (χ4n) is 5.78. The molecule has 0 spiro atoms. The van der Waals surface area contributed by atoms with Crippen molar-refractivity contribution in [1.82, 2.24) is 4.40 Å². The highest BCUT2D eigenvalue weighted by Crippen LogP contribution is 2.41. The Morgan fingerprint density at radius 3 is 1.57 bits per heavy atom. The lowest BCUT2D eigenvalue weighted by Crippen LogP contribution is -2.41. The van der Waals surface area contributed by atoms with Crippen molar-refractivity contribution in [1.29, 1.82) is 0 Å². The number of nitrogens with zero attached hydrogens (tertiary/aromatic N) is 1. The maximum Gasteiger partial charge on any atom is 0.494 e. The number of aromatic nitrogens is 1. The van der Waals surface area contributed by atoms with Gasteiger partial charge in [0.1, 0.15) is 0 Å². The highest BCUT2D eigenvalue weighted by molar-refractivity contribution is 6.63. The second kappa shape index (κ2) is 7.09. The van der Waals surface area contributed by atoms with Gasteiger partial charge < -0.3 is 23.0 Å². The number of hydrogen-bond donors (Lipinski definition) is 0. The van der Waals surface area contributed by atoms with Crippen LogP contribution in [0.25, 0.3) is 38.1 Å². The van der Waals surface area contributed by atoms with Gasteiger partial charge in [-0.05, 0) is 78.4 Å². The van der Waals surface area contributed by atoms with E-state index in [2.05, 4.69) is 114 Å². The summed E-state index contributed by atoms with van der Waals surface area (Å²) in [5, 5.41) is 4.81. The molecular weight excluding hydrogens is 460 g/mol. The predicted octanol–water partition coefficient (Wildman–Crippen LogP) is 5.44. The third-order valence-corrected chi connectivity index (χ3v) is 9.39. The van der Waals surface area contributed by atoms with Crippen LogP contribution < -0.4 is 10.9 Å². The third kappa shape index (κ3) is 3.09. The smallest absolute Gasteiger partial charge is 0.399 e. The highest BCUT2D eigenvalue weighted by Gasteiger charge is 2.53. The second-order valence-corrected chi connectivity index (χ2v) is 12.8. The van der Waals surface area contributed by atoms with Crippen LogP contribution >= 0.6 is 0 Å². The summed E-state index contributed by atoms with van der Waals surface area (Å²) in [6, 6.07) is 19.7. The molecule has 5 aromatic rings. The lowest BCUT2D eigenvalue weighted by atomic mass is 9.77. The summed E-state index contributed by atoms with van der Waals surface area (Å²) in [4.78, 5) is 0. The van der Waals surface area contributed by atoms with Gasteiger partial charge in [-0.15, -0.1) is 0 Å². The van der Waals surface area contributed by atoms with Crippen molar-refractivity contribution < 1.29 is 18.6 Å². The van der Waals surface area contributed by atoms with Crippen LogP contribution in [0.5, 0.6) is 0 Å². The molecule has 0 bridgehead atoms. The minimum absolute atomic E-state index is 0.387. The number of para-hydroxylation sites is 1. The average molecular weight is 493 g/mol. The summed E-state index contributed by atoms with van der Waals surface area (Å²) in [7, 11) is -0.836. The monoisotopic (exact) mass is 493 g/mol. The maximum absolute atomic E-state index is 6.47. The van der Waals surface area contributed by atoms with Gasteiger partial charge in [0, 0.05) is 21.5 Å². The van der Waals surface area contributed by atoms with Gasteiger partial charge >= 0.3 is 14.2 Å². The zero-order chi connectivity index (χ0) is 26.1. The first-order chi connectivity index (χ1) is 17.3. The third-order valence-electron chi connectivity index (χ3n) is 9.39. The SMILES string of the molecule is CC1(C)OB(c2ccc3c(c2)c2cc(B4OC(C)(C)C(C)(C)O4)cc4c5ccccc5n3c42)OC1(C)C. The van der Waals surface area contributed by atoms with E-state index in [0.717, 1.165) is 10.9 Å². The molecule has 3 aromatic carbocycles. The van der Waals surface area contributed by atoms with Gasteiger partial charge in [-0.1, -0.05) is 42.5 Å². The molecule has 0 N–H and O–H groups in total. The first-order valence-electron chi connectivity index (χ1n) is 13.2. The van der Waals surface area contributed by atoms with Crippen molar-refractivity contribution in [2.75, 3.05) is 0 Å². The highest BCUT2D eigenvalue weighted by atomic mass is 16.7. The fourth-order valence-corrected chi connectivity index (χ4v) is 5.78. The maximum atomic E-state index is 6.47. The normalized spacial score (nSPS) is 22.4. The second-order valence-electron chi connectivity index (χ2n) is 12.8. The molecule has 0 aliphatic carbocycles. The first kappa shape index (κ1) is 23.5. The number of benzene rings is 3. The van der Waals surface area contributed by atoms with Gasteiger partial charge in [-0.3, -0.25) is 0 Å². The van der Waals surface area contributed by atoms with E-state index in [1.165, 1.54) is 38.1 Å². The average Bonchev–Trinajstić information content (AvgIpc) is 3.46. The van der Waals surface area contributed by atoms with Crippen molar-refractivity contribution in [3.63, 3.8) is 0 Å². The fraction of sp³-hybridized carbons (Fsp3) is 0.400. The summed E-state index contributed by atoms with van der Waals surface area (Å²) in [5.41, 5.74) is 4.09. The van der Waals surface area contributed by atoms with Gasteiger partial charge in [0.25, 0.3) is 0 Å². The molecule has 2 aliphatic heterocycles. The standard InChI is InChI=1S/C30H33B2NO4/c1-27(2)28(3,4)35-31(34-27)18-13-14-25-21(15-18)23-17-19(32-36-29(5,6)30(7,8)37-32)16-22-20-11-9-10-12-24(20)33(25)26(22)23/h9-17H,1-8H3. The lowest BCUT2D eigenvalue weighted by molar-refractivity contribution is 0.00578. The van der Waals surface area contributed by atoms with Gasteiger partial charge in [0.2, 0.25) is 0 Å². The van der Waals surface area contributed by atoms with Crippen molar-refractivity contribution in [2.45, 2.75) is 77.8 Å². The quantitative estimate of drug-likeness (QED) is 0.308. The van der Waals surface area contributed by atoms with Crippen molar-refractivity contribution in [3.05, 3.63) is 54.6 Å². The Labute approximate surface area is 218 Å². The van der Waals surface area contributed by atoms with E-state index in [1.807, 2.05) is 0 Å². The molecule has 2 saturated heterocycles. The molecule has 2 aliphatic rings. The molecule has 7 rings (SSSR count). The van der Waals surface area contributed by atoms with Crippen LogP contribution in [0.15, 0.2) is 54.6 Å². The summed E-state index contributed by atoms with van der Waals surface area (Å²) < 4.78 is 28.1. The topological polar surface area (TPSA) is 41.3 Å². The zero-order valence-electron chi connectivity index (χ0n) is 22.9. The van der Waals surface area contributed by atoms with Crippen LogP contribution in [0.2, 0.25) is 0 Å². The van der Waals surface area contributed by atoms with Gasteiger partial charge in [0.05, 0.1) is 39.0 Å². The Balaban J connectivity index is 1.48. The molecule has 37 heavy (non-hydrogen) atoms. The molecule has 0 unspecified atom stereocenters. The predicted molar refractivity (Wildman–Crippen MR) is 153 cm³/mol. The van der Waals surface area contributed by atoms with Crippen LogP contribution in [0.1, 0.15) is 55.4 Å². The van der Waals surface area contributed by atoms with E-state index in [1.54, 1.807) is 0 Å². The number of fused-ring (bicyclic) bond motifs is 6. The summed E-state index contributed by atoms with van der Waals surface area (Å²) in [5.74, 6) is 0. The van der Waals surface area contributed by atoms with Crippen molar-refractivity contribution in [3.8, 4) is 0 Å². The molecule has 0 amide bonds. The van der Waals surface area contributed by atoms with Crippen LogP contribution in [0.3, 0.4) is 0 Å². The number of rotatable bonds is 2. The van der Waals surface area contributed by atoms with Crippen molar-refractivity contribution in [2.24, 2.45) is 0 Å². The van der Waals surface area contributed by atoms with E-state index in [-0.39, 0.29) is 11.2 Å². The number of hydrogen-bond acceptors (Lipinski definition) is 4. The summed E-state index contributed by atoms with van der Waals surface area (Å²) >= 11 is 0. The van der Waals surface area contributed by atoms with Gasteiger partial charge in [-0.25, -0.2) is 0 Å². The first-order valence-corrected chi connectivity index (χ1v) is 13.2. The molecular formula is C30H33B2NO4. The van der Waals surface area contributed by atoms with Gasteiger partial charge in [0.15, 0.2) is 0 Å². The van der Waals surface area contributed by atoms with Crippen LogP contribution in [0.4, 0.5) is 0 Å². The van der Waals surface area contributed by atoms with E-state index >= 15 is 0 Å². The van der Waals surface area contributed by atoms with Crippen LogP contribution in [-0.2, 0) is 18.6 Å². The Bertz CT molecular complexity index is 1690. The molecule has 7 heteroatoms. The van der Waals surface area contributed by atoms with Crippen molar-refractivity contribution >= 4 is 63.3 Å². The molecule has 4 heterocycles. The van der Waals surface area contributed by atoms with E-state index in [4.69, 9.17) is 18.6 Å². The summed E-state index contributed by atoms with van der Waals surface area (Å²) in [6.07, 6.45) is 0. The van der Waals surface area contributed by atoms with E-state index < -0.39 is 25.4 Å². The molecule has 2 fully saturated rings. The largest absolute Gasteiger partial charge is 0.494 e. The minimum atomic E-state index is -0.428. The van der Waals surface area contributed by atoms with E-state index in [9.17, 15) is 0 Å². The minimum Gasteiger partial charge on any atom is -0.399 e. The molecule has 2 aromatic heterocycles. The Morgan fingerprint density at radius 1 is 0.514 bits per heavy atom. The van der Waals surface area contributed by atoms with Gasteiger partial charge in [-0.2, -0.15) is 0 Å². The molecule has 0 atom stereocenters. The van der Waals surface area contributed by atoms with Crippen LogP contribution in [-0.4, -0.2) is 41.0 Å². The lowest BCUT2D eigenvalue weighted by Gasteiger charge is -2.32. The van der Waals surface area contributed by atoms with E-state index in [0.29, 0.717) is 0 Å². The zero-order valence-corrected chi connectivity index (χ0v) is 22.9. The molecule has 0 radical (unpaired) electrons. The summed E-state index contributed by atoms with van der Waals surface area (Å²) in [6.45, 7) is 16.8. The Hall–Kier alpha value is -2.57. The Morgan fingerprint density at radius 2 is 0.973 bits per heavy atom. The Kier molecular flexibility index (Phi) is 4.51.